The summed E-state index contributed by atoms with van der Waals surface area (Å²) in [5, 5.41) is 5.10. The lowest BCUT2D eigenvalue weighted by molar-refractivity contribution is 0.101. The molecule has 0 atom stereocenters. The summed E-state index contributed by atoms with van der Waals surface area (Å²) in [7, 11) is 0. The molecule has 0 saturated carbocycles. The first-order valence-electron chi connectivity index (χ1n) is 6.96. The summed E-state index contributed by atoms with van der Waals surface area (Å²) < 4.78 is 0. The number of rotatable bonds is 4. The molecule has 0 aliphatic rings. The number of nitrogens with zero attached hydrogens (tertiary/aromatic N) is 5. The van der Waals surface area contributed by atoms with Gasteiger partial charge in [0.15, 0.2) is 0 Å². The van der Waals surface area contributed by atoms with Gasteiger partial charge >= 0.3 is 0 Å². The van der Waals surface area contributed by atoms with E-state index in [9.17, 15) is 9.59 Å². The third-order valence-electron chi connectivity index (χ3n) is 2.84. The molecular weight excluding hydrogens is 346 g/mol. The second kappa shape index (κ2) is 7.41. The van der Waals surface area contributed by atoms with E-state index in [4.69, 9.17) is 11.6 Å². The quantitative estimate of drug-likeness (QED) is 0.731. The molecule has 2 amide bonds. The van der Waals surface area contributed by atoms with E-state index in [2.05, 4.69) is 35.6 Å². The van der Waals surface area contributed by atoms with Gasteiger partial charge in [-0.3, -0.25) is 20.2 Å². The number of hydrogen-bond acceptors (Lipinski definition) is 7. The smallest absolute Gasteiger partial charge is 0.276 e. The first-order chi connectivity index (χ1) is 12.1. The molecular formula is C15H10ClN7O2. The topological polar surface area (TPSA) is 123 Å². The first-order valence-corrected chi connectivity index (χ1v) is 7.34. The average Bonchev–Trinajstić information content (AvgIpc) is 2.63. The Kier molecular flexibility index (Phi) is 4.86. The highest BCUT2D eigenvalue weighted by atomic mass is 35.5. The molecule has 0 fully saturated rings. The van der Waals surface area contributed by atoms with Crippen molar-refractivity contribution >= 4 is 35.3 Å². The zero-order valence-electron chi connectivity index (χ0n) is 12.5. The fraction of sp³-hybridized carbons (Fsp3) is 0. The summed E-state index contributed by atoms with van der Waals surface area (Å²) in [5.74, 6) is -0.978. The number of pyridine rings is 1. The molecule has 25 heavy (non-hydrogen) atoms. The second-order valence-corrected chi connectivity index (χ2v) is 5.05. The van der Waals surface area contributed by atoms with Gasteiger partial charge < -0.3 is 0 Å². The molecule has 124 valence electrons. The van der Waals surface area contributed by atoms with Crippen LogP contribution in [0, 0.1) is 0 Å². The zero-order valence-corrected chi connectivity index (χ0v) is 13.3. The number of carbonyl (C=O) groups is 2. The highest BCUT2D eigenvalue weighted by Gasteiger charge is 2.16. The largest absolute Gasteiger partial charge is 0.289 e. The fourth-order valence-electron chi connectivity index (χ4n) is 1.79. The van der Waals surface area contributed by atoms with Crippen LogP contribution in [0.4, 0.5) is 11.9 Å². The van der Waals surface area contributed by atoms with Gasteiger partial charge in [-0.15, -0.1) is 0 Å². The van der Waals surface area contributed by atoms with Crippen LogP contribution in [0.25, 0.3) is 0 Å². The molecule has 0 radical (unpaired) electrons. The molecule has 0 aliphatic heterocycles. The van der Waals surface area contributed by atoms with Gasteiger partial charge in [0.2, 0.25) is 11.9 Å². The molecule has 9 nitrogen and oxygen atoms in total. The van der Waals surface area contributed by atoms with Crippen molar-refractivity contribution in [3.8, 4) is 0 Å². The average molecular weight is 356 g/mol. The fourth-order valence-corrected chi connectivity index (χ4v) is 1.99. The van der Waals surface area contributed by atoms with Crippen LogP contribution >= 0.6 is 11.6 Å². The predicted molar refractivity (Wildman–Crippen MR) is 89.2 cm³/mol. The Hall–Kier alpha value is -3.46. The van der Waals surface area contributed by atoms with E-state index in [1.165, 1.54) is 36.9 Å². The second-order valence-electron chi connectivity index (χ2n) is 4.61. The van der Waals surface area contributed by atoms with Crippen molar-refractivity contribution in [2.75, 3.05) is 10.6 Å². The van der Waals surface area contributed by atoms with Crippen LogP contribution in [0.5, 0.6) is 0 Å². The molecule has 3 heterocycles. The van der Waals surface area contributed by atoms with Crippen molar-refractivity contribution < 1.29 is 9.59 Å². The van der Waals surface area contributed by atoms with Gasteiger partial charge in [-0.05, 0) is 24.3 Å². The SMILES string of the molecule is O=C(Nc1ncccn1)c1cc(Cl)cc(C(=O)Nc2ncccn2)n1. The molecule has 0 saturated heterocycles. The van der Waals surface area contributed by atoms with E-state index < -0.39 is 11.8 Å². The van der Waals surface area contributed by atoms with Crippen molar-refractivity contribution in [1.29, 1.82) is 0 Å². The molecule has 3 rings (SSSR count). The van der Waals surface area contributed by atoms with Crippen LogP contribution < -0.4 is 10.6 Å². The predicted octanol–water partition coefficient (Wildman–Crippen LogP) is 1.82. The van der Waals surface area contributed by atoms with E-state index in [-0.39, 0.29) is 28.3 Å². The number of anilines is 2. The normalized spacial score (nSPS) is 10.1. The van der Waals surface area contributed by atoms with Gasteiger partial charge in [-0.2, -0.15) is 0 Å². The molecule has 0 spiro atoms. The van der Waals surface area contributed by atoms with E-state index in [1.54, 1.807) is 12.1 Å². The molecule has 3 aromatic heterocycles. The van der Waals surface area contributed by atoms with E-state index in [1.807, 2.05) is 0 Å². The lowest BCUT2D eigenvalue weighted by Gasteiger charge is -2.06. The van der Waals surface area contributed by atoms with Crippen molar-refractivity contribution in [3.05, 3.63) is 65.5 Å². The van der Waals surface area contributed by atoms with Crippen LogP contribution in [0.1, 0.15) is 21.0 Å². The van der Waals surface area contributed by atoms with Crippen molar-refractivity contribution in [2.45, 2.75) is 0 Å². The number of aromatic nitrogens is 5. The number of hydrogen-bond donors (Lipinski definition) is 2. The van der Waals surface area contributed by atoms with E-state index in [0.29, 0.717) is 0 Å². The molecule has 0 unspecified atom stereocenters. The molecule has 0 aliphatic carbocycles. The van der Waals surface area contributed by atoms with Crippen molar-refractivity contribution in [3.63, 3.8) is 0 Å². The lowest BCUT2D eigenvalue weighted by atomic mass is 10.2. The van der Waals surface area contributed by atoms with Crippen LogP contribution in [0.15, 0.2) is 49.1 Å². The molecule has 2 N–H and O–H groups in total. The van der Waals surface area contributed by atoms with E-state index >= 15 is 0 Å². The number of amides is 2. The number of carbonyl (C=O) groups excluding carboxylic acids is 2. The summed E-state index contributed by atoms with van der Waals surface area (Å²) in [6.07, 6.45) is 5.92. The minimum Gasteiger partial charge on any atom is -0.289 e. The maximum atomic E-state index is 12.2. The first kappa shape index (κ1) is 16.4. The highest BCUT2D eigenvalue weighted by Crippen LogP contribution is 2.14. The van der Waals surface area contributed by atoms with Crippen LogP contribution in [-0.2, 0) is 0 Å². The maximum Gasteiger partial charge on any atom is 0.276 e. The Morgan fingerprint density at radius 3 is 1.56 bits per heavy atom. The Labute approximate surface area is 146 Å². The molecule has 3 aromatic rings. The van der Waals surface area contributed by atoms with Gasteiger partial charge in [-0.1, -0.05) is 11.6 Å². The van der Waals surface area contributed by atoms with Gasteiger partial charge in [0, 0.05) is 29.8 Å². The number of halogens is 1. The third-order valence-corrected chi connectivity index (χ3v) is 3.06. The Bertz CT molecular complexity index is 835. The summed E-state index contributed by atoms with van der Waals surface area (Å²) in [4.78, 5) is 44.0. The van der Waals surface area contributed by atoms with Crippen LogP contribution in [0.2, 0.25) is 5.02 Å². The summed E-state index contributed by atoms with van der Waals surface area (Å²) in [6.45, 7) is 0. The van der Waals surface area contributed by atoms with Gasteiger partial charge in [0.05, 0.1) is 0 Å². The van der Waals surface area contributed by atoms with E-state index in [0.717, 1.165) is 0 Å². The summed E-state index contributed by atoms with van der Waals surface area (Å²) >= 11 is 5.98. The number of nitrogens with one attached hydrogen (secondary N) is 2. The molecule has 0 bridgehead atoms. The third kappa shape index (κ3) is 4.30. The Morgan fingerprint density at radius 1 is 0.760 bits per heavy atom. The van der Waals surface area contributed by atoms with Gasteiger partial charge in [0.25, 0.3) is 11.8 Å². The van der Waals surface area contributed by atoms with Crippen LogP contribution in [0.3, 0.4) is 0 Å². The Balaban J connectivity index is 1.80. The zero-order chi connectivity index (χ0) is 17.6. The van der Waals surface area contributed by atoms with Crippen molar-refractivity contribution in [2.24, 2.45) is 0 Å². The summed E-state index contributed by atoms with van der Waals surface area (Å²) in [6, 6.07) is 5.88. The van der Waals surface area contributed by atoms with Crippen molar-refractivity contribution in [1.82, 2.24) is 24.9 Å². The maximum absolute atomic E-state index is 12.2. The monoisotopic (exact) mass is 355 g/mol. The van der Waals surface area contributed by atoms with Crippen LogP contribution in [-0.4, -0.2) is 36.7 Å². The van der Waals surface area contributed by atoms with Gasteiger partial charge in [0.1, 0.15) is 11.4 Å². The minimum absolute atomic E-state index is 0.0564. The lowest BCUT2D eigenvalue weighted by Crippen LogP contribution is -2.20. The molecule has 10 heteroatoms. The highest BCUT2D eigenvalue weighted by molar-refractivity contribution is 6.31. The Morgan fingerprint density at radius 2 is 1.16 bits per heavy atom. The summed E-state index contributed by atoms with van der Waals surface area (Å²) in [5.41, 5.74) is -0.113. The standard InChI is InChI=1S/C15H10ClN7O2/c16-9-7-10(12(24)22-14-17-3-1-4-18-14)21-11(8-9)13(25)23-15-19-5-2-6-20-15/h1-8H,(H,17,18,22,24)(H,19,20,23,25). The molecule has 0 aromatic carbocycles. The van der Waals surface area contributed by atoms with Gasteiger partial charge in [-0.25, -0.2) is 24.9 Å². The minimum atomic E-state index is -0.598.